The molecule has 9 heteroatoms. The van der Waals surface area contributed by atoms with Crippen molar-refractivity contribution >= 4 is 13.7 Å². The first kappa shape index (κ1) is 65.0. The third-order valence-corrected chi connectivity index (χ3v) is 14.1. The SMILES string of the molecule is CCCCC/C=C\CCCCCCCC(=O)NC(COP(=O)(O)OCC[N+](C)(C)C)C(O)/C=C/CCCCCCCCCCCCCCCCCCCCCCCCCCCCCCCC. The predicted octanol–water partition coefficient (Wildman–Crippen LogP) is 17.2. The molecular formula is C57H114N2O6P+. The van der Waals surface area contributed by atoms with Crippen LogP contribution in [0.4, 0.5) is 0 Å². The Labute approximate surface area is 411 Å². The number of amides is 1. The number of phosphoric acid groups is 1. The van der Waals surface area contributed by atoms with Crippen molar-refractivity contribution in [3.05, 3.63) is 24.3 Å². The van der Waals surface area contributed by atoms with Crippen LogP contribution in [0.25, 0.3) is 0 Å². The highest BCUT2D eigenvalue weighted by Crippen LogP contribution is 2.43. The first-order valence-electron chi connectivity index (χ1n) is 28.7. The zero-order chi connectivity index (χ0) is 48.5. The Kier molecular flexibility index (Phi) is 48.2. The molecule has 66 heavy (non-hydrogen) atoms. The number of nitrogens with one attached hydrogen (secondary N) is 1. The van der Waals surface area contributed by atoms with Gasteiger partial charge in [-0.1, -0.05) is 256 Å². The lowest BCUT2D eigenvalue weighted by Gasteiger charge is -2.25. The number of rotatable bonds is 53. The van der Waals surface area contributed by atoms with Gasteiger partial charge in [0.15, 0.2) is 0 Å². The van der Waals surface area contributed by atoms with Crippen LogP contribution in [0.15, 0.2) is 24.3 Å². The summed E-state index contributed by atoms with van der Waals surface area (Å²) < 4.78 is 23.6. The highest BCUT2D eigenvalue weighted by Gasteiger charge is 2.27. The number of carbonyl (C=O) groups excluding carboxylic acids is 1. The third-order valence-electron chi connectivity index (χ3n) is 13.2. The van der Waals surface area contributed by atoms with E-state index in [2.05, 4.69) is 31.3 Å². The van der Waals surface area contributed by atoms with Crippen molar-refractivity contribution < 1.29 is 32.9 Å². The lowest BCUT2D eigenvalue weighted by Crippen LogP contribution is -2.45. The fourth-order valence-corrected chi connectivity index (χ4v) is 9.36. The molecule has 0 spiro atoms. The van der Waals surface area contributed by atoms with Gasteiger partial charge >= 0.3 is 7.82 Å². The van der Waals surface area contributed by atoms with Gasteiger partial charge < -0.3 is 19.8 Å². The zero-order valence-corrected chi connectivity index (χ0v) is 45.6. The summed E-state index contributed by atoms with van der Waals surface area (Å²) in [6.45, 7) is 4.81. The van der Waals surface area contributed by atoms with E-state index < -0.39 is 20.0 Å². The van der Waals surface area contributed by atoms with E-state index in [0.717, 1.165) is 51.4 Å². The topological polar surface area (TPSA) is 105 Å². The average molecular weight is 955 g/mol. The van der Waals surface area contributed by atoms with E-state index >= 15 is 0 Å². The van der Waals surface area contributed by atoms with Crippen molar-refractivity contribution in [2.75, 3.05) is 40.9 Å². The quantitative estimate of drug-likeness (QED) is 0.0243. The van der Waals surface area contributed by atoms with Crippen LogP contribution in [0, 0.1) is 0 Å². The van der Waals surface area contributed by atoms with Gasteiger partial charge in [-0.15, -0.1) is 0 Å². The van der Waals surface area contributed by atoms with Crippen LogP contribution in [0.3, 0.4) is 0 Å². The second-order valence-electron chi connectivity index (χ2n) is 21.0. The largest absolute Gasteiger partial charge is 0.472 e. The summed E-state index contributed by atoms with van der Waals surface area (Å²) in [6.07, 6.45) is 61.6. The Bertz CT molecular complexity index is 1130. The number of aliphatic hydroxyl groups is 1. The van der Waals surface area contributed by atoms with Crippen LogP contribution in [0.1, 0.15) is 284 Å². The Hall–Kier alpha value is -1.02. The fraction of sp³-hybridized carbons (Fsp3) is 0.912. The van der Waals surface area contributed by atoms with Crippen molar-refractivity contribution in [3.63, 3.8) is 0 Å². The third kappa shape index (κ3) is 50.8. The van der Waals surface area contributed by atoms with Crippen LogP contribution >= 0.6 is 7.82 Å². The number of allylic oxidation sites excluding steroid dienone is 3. The van der Waals surface area contributed by atoms with Gasteiger partial charge in [-0.05, 0) is 44.9 Å². The monoisotopic (exact) mass is 954 g/mol. The number of hydrogen-bond acceptors (Lipinski definition) is 5. The van der Waals surface area contributed by atoms with Crippen LogP contribution in [-0.2, 0) is 18.4 Å². The van der Waals surface area contributed by atoms with E-state index in [1.807, 2.05) is 27.2 Å². The molecule has 0 radical (unpaired) electrons. The first-order valence-corrected chi connectivity index (χ1v) is 30.2. The molecule has 0 aliphatic carbocycles. The molecule has 3 unspecified atom stereocenters. The maximum absolute atomic E-state index is 12.9. The van der Waals surface area contributed by atoms with E-state index in [1.54, 1.807) is 6.08 Å². The minimum Gasteiger partial charge on any atom is -0.387 e. The number of carbonyl (C=O) groups is 1. The summed E-state index contributed by atoms with van der Waals surface area (Å²) in [5.41, 5.74) is 0. The minimum atomic E-state index is -4.34. The van der Waals surface area contributed by atoms with Gasteiger partial charge in [0.25, 0.3) is 0 Å². The molecule has 0 aliphatic rings. The number of nitrogens with zero attached hydrogens (tertiary/aromatic N) is 1. The minimum absolute atomic E-state index is 0.0612. The summed E-state index contributed by atoms with van der Waals surface area (Å²) in [5.74, 6) is -0.184. The highest BCUT2D eigenvalue weighted by atomic mass is 31.2. The van der Waals surface area contributed by atoms with Crippen LogP contribution < -0.4 is 5.32 Å². The van der Waals surface area contributed by atoms with Gasteiger partial charge in [0.1, 0.15) is 13.2 Å². The normalized spacial score (nSPS) is 14.1. The average Bonchev–Trinajstić information content (AvgIpc) is 3.28. The van der Waals surface area contributed by atoms with Gasteiger partial charge in [-0.3, -0.25) is 13.8 Å². The summed E-state index contributed by atoms with van der Waals surface area (Å²) >= 11 is 0. The highest BCUT2D eigenvalue weighted by molar-refractivity contribution is 7.47. The lowest BCUT2D eigenvalue weighted by molar-refractivity contribution is -0.870. The number of unbranched alkanes of at least 4 members (excludes halogenated alkanes) is 38. The summed E-state index contributed by atoms with van der Waals surface area (Å²) in [6, 6.07) is -0.848. The van der Waals surface area contributed by atoms with Crippen molar-refractivity contribution in [1.82, 2.24) is 5.32 Å². The molecule has 0 rings (SSSR count). The maximum atomic E-state index is 12.9. The van der Waals surface area contributed by atoms with Crippen LogP contribution in [-0.4, -0.2) is 73.4 Å². The maximum Gasteiger partial charge on any atom is 0.472 e. The fourth-order valence-electron chi connectivity index (χ4n) is 8.63. The Morgan fingerprint density at radius 2 is 0.818 bits per heavy atom. The summed E-state index contributed by atoms with van der Waals surface area (Å²) in [4.78, 5) is 23.2. The Morgan fingerprint density at radius 3 is 1.20 bits per heavy atom. The second kappa shape index (κ2) is 49.0. The van der Waals surface area contributed by atoms with Crippen molar-refractivity contribution in [2.45, 2.75) is 296 Å². The van der Waals surface area contributed by atoms with Crippen LogP contribution in [0.5, 0.6) is 0 Å². The van der Waals surface area contributed by atoms with E-state index in [4.69, 9.17) is 9.05 Å². The molecule has 0 aliphatic heterocycles. The lowest BCUT2D eigenvalue weighted by atomic mass is 10.0. The van der Waals surface area contributed by atoms with E-state index in [0.29, 0.717) is 17.4 Å². The molecule has 1 amide bonds. The van der Waals surface area contributed by atoms with E-state index in [-0.39, 0.29) is 19.1 Å². The Morgan fingerprint density at radius 1 is 0.500 bits per heavy atom. The smallest absolute Gasteiger partial charge is 0.387 e. The molecule has 0 heterocycles. The molecule has 392 valence electrons. The van der Waals surface area contributed by atoms with Crippen molar-refractivity contribution in [2.24, 2.45) is 0 Å². The summed E-state index contributed by atoms with van der Waals surface area (Å²) in [5, 5.41) is 13.9. The summed E-state index contributed by atoms with van der Waals surface area (Å²) in [7, 11) is 1.57. The van der Waals surface area contributed by atoms with Gasteiger partial charge in [-0.25, -0.2) is 4.57 Å². The Balaban J connectivity index is 4.02. The molecule has 0 aromatic carbocycles. The molecule has 0 saturated carbocycles. The molecule has 8 nitrogen and oxygen atoms in total. The molecular weight excluding hydrogens is 840 g/mol. The molecule has 0 fully saturated rings. The number of phosphoric ester groups is 1. The number of aliphatic hydroxyl groups excluding tert-OH is 1. The molecule has 0 aromatic rings. The van der Waals surface area contributed by atoms with E-state index in [1.165, 1.54) is 212 Å². The standard InChI is InChI=1S/C57H113N2O6P/c1-6-8-10-12-14-16-18-20-21-22-23-24-25-26-27-28-29-30-31-32-33-34-35-36-37-38-39-40-42-44-46-48-50-56(60)55(54-65-66(62,63)64-53-52-59(3,4)5)58-57(61)51-49-47-45-43-41-19-17-15-13-11-9-7-2/h15,17,48,50,55-56,60H,6-14,16,18-47,49,51-54H2,1-5H3,(H-,58,61,62,63)/p+1/b17-15-,50-48+. The molecule has 0 aromatic heterocycles. The molecule has 3 atom stereocenters. The van der Waals surface area contributed by atoms with Gasteiger partial charge in [0.05, 0.1) is 39.9 Å². The first-order chi connectivity index (χ1) is 32.0. The second-order valence-corrected chi connectivity index (χ2v) is 22.5. The zero-order valence-electron chi connectivity index (χ0n) is 44.7. The van der Waals surface area contributed by atoms with Gasteiger partial charge in [0.2, 0.25) is 5.91 Å². The number of hydrogen-bond donors (Lipinski definition) is 3. The van der Waals surface area contributed by atoms with Crippen LogP contribution in [0.2, 0.25) is 0 Å². The van der Waals surface area contributed by atoms with Gasteiger partial charge in [-0.2, -0.15) is 0 Å². The predicted molar refractivity (Wildman–Crippen MR) is 286 cm³/mol. The van der Waals surface area contributed by atoms with E-state index in [9.17, 15) is 19.4 Å². The van der Waals surface area contributed by atoms with Crippen molar-refractivity contribution in [3.8, 4) is 0 Å². The van der Waals surface area contributed by atoms with Gasteiger partial charge in [0, 0.05) is 6.42 Å². The molecule has 3 N–H and O–H groups in total. The number of quaternary nitrogens is 1. The van der Waals surface area contributed by atoms with Crippen molar-refractivity contribution in [1.29, 1.82) is 0 Å². The number of likely N-dealkylation sites (N-methyl/N-ethyl adjacent to an activating group) is 1. The molecule has 0 bridgehead atoms. The molecule has 0 saturated heterocycles.